The van der Waals surface area contributed by atoms with Gasteiger partial charge in [0.1, 0.15) is 11.5 Å². The first-order valence-electron chi connectivity index (χ1n) is 8.73. The van der Waals surface area contributed by atoms with Crippen LogP contribution in [-0.2, 0) is 21.2 Å². The van der Waals surface area contributed by atoms with Crippen molar-refractivity contribution in [1.82, 2.24) is 9.80 Å². The second kappa shape index (κ2) is 6.65. The molecule has 0 N–H and O–H groups in total. The molecule has 1 amide bonds. The van der Waals surface area contributed by atoms with E-state index in [1.807, 2.05) is 24.0 Å². The largest absolute Gasteiger partial charge is 0.465 e. The average molecular weight is 392 g/mol. The normalized spacial score (nSPS) is 24.7. The van der Waals surface area contributed by atoms with Gasteiger partial charge in [0.15, 0.2) is 15.6 Å². The zero-order chi connectivity index (χ0) is 19.2. The Hall–Kier alpha value is -2.39. The number of nitrogens with zero attached hydrogens (tertiary/aromatic N) is 2. The molecule has 0 aromatic carbocycles. The van der Waals surface area contributed by atoms with Gasteiger partial charge in [-0.3, -0.25) is 14.5 Å². The van der Waals surface area contributed by atoms with Gasteiger partial charge >= 0.3 is 0 Å². The molecule has 0 unspecified atom stereocenters. The van der Waals surface area contributed by atoms with E-state index in [4.69, 9.17) is 8.83 Å². The van der Waals surface area contributed by atoms with Crippen molar-refractivity contribution in [2.75, 3.05) is 24.6 Å². The summed E-state index contributed by atoms with van der Waals surface area (Å²) in [5, 5.41) is 0. The molecule has 144 valence electrons. The van der Waals surface area contributed by atoms with E-state index in [0.29, 0.717) is 13.1 Å². The predicted octanol–water partition coefficient (Wildman–Crippen LogP) is 0.874. The molecule has 27 heavy (non-hydrogen) atoms. The Morgan fingerprint density at radius 2 is 1.93 bits per heavy atom. The molecule has 0 bridgehead atoms. The van der Waals surface area contributed by atoms with Crippen LogP contribution in [0.4, 0.5) is 0 Å². The van der Waals surface area contributed by atoms with Crippen molar-refractivity contribution < 1.29 is 26.8 Å². The van der Waals surface area contributed by atoms with E-state index in [0.717, 1.165) is 11.5 Å². The van der Waals surface area contributed by atoms with Crippen molar-refractivity contribution in [3.05, 3.63) is 47.8 Å². The summed E-state index contributed by atoms with van der Waals surface area (Å²) >= 11 is 0. The highest BCUT2D eigenvalue weighted by atomic mass is 32.2. The molecule has 0 spiro atoms. The molecular weight excluding hydrogens is 372 g/mol. The number of hydrogen-bond acceptors (Lipinski definition) is 7. The number of rotatable bonds is 4. The second-order valence-electron chi connectivity index (χ2n) is 7.00. The molecule has 4 rings (SSSR count). The van der Waals surface area contributed by atoms with Crippen molar-refractivity contribution in [2.24, 2.45) is 0 Å². The number of piperazine rings is 1. The maximum Gasteiger partial charge on any atom is 0.298 e. The highest BCUT2D eigenvalue weighted by Gasteiger charge is 2.49. The van der Waals surface area contributed by atoms with Crippen LogP contribution in [-0.4, -0.2) is 66.6 Å². The van der Waals surface area contributed by atoms with Gasteiger partial charge in [-0.15, -0.1) is 0 Å². The lowest BCUT2D eigenvalue weighted by atomic mass is 10.0. The highest BCUT2D eigenvalue weighted by Crippen LogP contribution is 2.29. The average Bonchev–Trinajstić information content (AvgIpc) is 3.33. The molecule has 2 aromatic rings. The SMILES string of the molecule is Cc1ccc(CN2CCN(C(=O)C(=O)c3ccco3)[C@@H]3CS(=O)(=O)C[C@@H]32)o1. The number of ketones is 1. The van der Waals surface area contributed by atoms with E-state index < -0.39 is 27.6 Å². The van der Waals surface area contributed by atoms with Gasteiger partial charge in [0, 0.05) is 19.1 Å². The van der Waals surface area contributed by atoms with Gasteiger partial charge in [0.05, 0.1) is 30.4 Å². The Kier molecular flexibility index (Phi) is 4.43. The number of sulfone groups is 1. The summed E-state index contributed by atoms with van der Waals surface area (Å²) in [4.78, 5) is 28.5. The minimum Gasteiger partial charge on any atom is -0.465 e. The van der Waals surface area contributed by atoms with E-state index in [2.05, 4.69) is 0 Å². The zero-order valence-electron chi connectivity index (χ0n) is 14.8. The first kappa shape index (κ1) is 18.0. The Morgan fingerprint density at radius 1 is 1.15 bits per heavy atom. The summed E-state index contributed by atoms with van der Waals surface area (Å²) in [6, 6.07) is 5.78. The van der Waals surface area contributed by atoms with E-state index >= 15 is 0 Å². The molecule has 9 heteroatoms. The van der Waals surface area contributed by atoms with Crippen LogP contribution in [0.3, 0.4) is 0 Å². The van der Waals surface area contributed by atoms with Crippen LogP contribution in [0.25, 0.3) is 0 Å². The lowest BCUT2D eigenvalue weighted by Gasteiger charge is -2.43. The Morgan fingerprint density at radius 3 is 2.59 bits per heavy atom. The third-order valence-electron chi connectivity index (χ3n) is 5.15. The molecule has 8 nitrogen and oxygen atoms in total. The molecule has 0 saturated carbocycles. The monoisotopic (exact) mass is 392 g/mol. The molecule has 2 saturated heterocycles. The van der Waals surface area contributed by atoms with Crippen LogP contribution in [0.5, 0.6) is 0 Å². The molecule has 0 aliphatic carbocycles. The quantitative estimate of drug-likeness (QED) is 0.562. The fourth-order valence-electron chi connectivity index (χ4n) is 3.89. The van der Waals surface area contributed by atoms with Gasteiger partial charge in [-0.05, 0) is 31.2 Å². The van der Waals surface area contributed by atoms with Gasteiger partial charge in [0.2, 0.25) is 0 Å². The Bertz CT molecular complexity index is 962. The second-order valence-corrected chi connectivity index (χ2v) is 9.15. The van der Waals surface area contributed by atoms with E-state index in [1.165, 1.54) is 23.3 Å². The first-order valence-corrected chi connectivity index (χ1v) is 10.5. The number of fused-ring (bicyclic) bond motifs is 1. The van der Waals surface area contributed by atoms with Crippen molar-refractivity contribution in [2.45, 2.75) is 25.6 Å². The molecule has 0 radical (unpaired) electrons. The van der Waals surface area contributed by atoms with Gasteiger partial charge in [-0.2, -0.15) is 0 Å². The molecule has 2 aliphatic rings. The Balaban J connectivity index is 1.56. The van der Waals surface area contributed by atoms with Crippen LogP contribution in [0, 0.1) is 6.92 Å². The number of hydrogen-bond donors (Lipinski definition) is 0. The summed E-state index contributed by atoms with van der Waals surface area (Å²) in [6.45, 7) is 3.07. The van der Waals surface area contributed by atoms with Gasteiger partial charge in [0.25, 0.3) is 11.7 Å². The number of amides is 1. The number of aryl methyl sites for hydroxylation is 1. The third-order valence-corrected chi connectivity index (χ3v) is 6.84. The van der Waals surface area contributed by atoms with Crippen molar-refractivity contribution in [3.63, 3.8) is 0 Å². The fourth-order valence-corrected chi connectivity index (χ4v) is 5.90. The molecule has 4 heterocycles. The smallest absolute Gasteiger partial charge is 0.298 e. The number of Topliss-reactive ketones (excluding diaryl/α,β-unsaturated/α-hetero) is 1. The maximum absolute atomic E-state index is 12.7. The summed E-state index contributed by atoms with van der Waals surface area (Å²) in [6.07, 6.45) is 1.33. The maximum atomic E-state index is 12.7. The Labute approximate surface area is 156 Å². The van der Waals surface area contributed by atoms with Gasteiger partial charge < -0.3 is 13.7 Å². The number of carbonyl (C=O) groups excluding carboxylic acids is 2. The topological polar surface area (TPSA) is 101 Å². The molecule has 2 aromatic heterocycles. The van der Waals surface area contributed by atoms with Crippen LogP contribution in [0.15, 0.2) is 39.4 Å². The summed E-state index contributed by atoms with van der Waals surface area (Å²) in [5.74, 6) is -0.131. The predicted molar refractivity (Wildman–Crippen MR) is 94.8 cm³/mol. The van der Waals surface area contributed by atoms with E-state index in [-0.39, 0.29) is 29.9 Å². The lowest BCUT2D eigenvalue weighted by molar-refractivity contribution is -0.132. The lowest BCUT2D eigenvalue weighted by Crippen LogP contribution is -2.61. The third kappa shape index (κ3) is 3.44. The van der Waals surface area contributed by atoms with E-state index in [1.54, 1.807) is 0 Å². The van der Waals surface area contributed by atoms with Crippen LogP contribution >= 0.6 is 0 Å². The number of carbonyl (C=O) groups is 2. The zero-order valence-corrected chi connectivity index (χ0v) is 15.6. The van der Waals surface area contributed by atoms with Gasteiger partial charge in [-0.1, -0.05) is 0 Å². The molecule has 2 fully saturated rings. The summed E-state index contributed by atoms with van der Waals surface area (Å²) < 4.78 is 35.2. The van der Waals surface area contributed by atoms with Gasteiger partial charge in [-0.25, -0.2) is 8.42 Å². The van der Waals surface area contributed by atoms with Crippen LogP contribution in [0.1, 0.15) is 22.1 Å². The van der Waals surface area contributed by atoms with Crippen LogP contribution in [0.2, 0.25) is 0 Å². The number of furan rings is 2. The van der Waals surface area contributed by atoms with Crippen LogP contribution < -0.4 is 0 Å². The molecular formula is C18H20N2O6S. The van der Waals surface area contributed by atoms with E-state index in [9.17, 15) is 18.0 Å². The fraction of sp³-hybridized carbons (Fsp3) is 0.444. The minimum atomic E-state index is -3.30. The highest BCUT2D eigenvalue weighted by molar-refractivity contribution is 7.91. The summed E-state index contributed by atoms with van der Waals surface area (Å²) in [5.41, 5.74) is 0. The van der Waals surface area contributed by atoms with Crippen molar-refractivity contribution >= 4 is 21.5 Å². The standard InChI is InChI=1S/C18H20N2O6S/c1-12-4-5-13(26-12)9-19-6-7-20(15-11-27(23,24)10-14(15)19)18(22)17(21)16-3-2-8-25-16/h2-5,8,14-15H,6-7,9-11H2,1H3/t14-,15+/m0/s1. The van der Waals surface area contributed by atoms with Crippen molar-refractivity contribution in [1.29, 1.82) is 0 Å². The van der Waals surface area contributed by atoms with Crippen molar-refractivity contribution in [3.8, 4) is 0 Å². The minimum absolute atomic E-state index is 0.0317. The molecule has 2 atom stereocenters. The summed E-state index contributed by atoms with van der Waals surface area (Å²) in [7, 11) is -3.30. The first-order chi connectivity index (χ1) is 12.8. The molecule has 2 aliphatic heterocycles.